The highest BCUT2D eigenvalue weighted by molar-refractivity contribution is 4.99. The predicted molar refractivity (Wildman–Crippen MR) is 77.9 cm³/mol. The summed E-state index contributed by atoms with van der Waals surface area (Å²) in [6, 6.07) is 3.36. The van der Waals surface area contributed by atoms with Crippen LogP contribution in [0.15, 0.2) is 12.3 Å². The lowest BCUT2D eigenvalue weighted by atomic mass is 10.0. The summed E-state index contributed by atoms with van der Waals surface area (Å²) in [6.07, 6.45) is 9.37. The van der Waals surface area contributed by atoms with Crippen molar-refractivity contribution in [3.05, 3.63) is 18.0 Å². The van der Waals surface area contributed by atoms with Gasteiger partial charge in [-0.1, -0.05) is 20.3 Å². The van der Waals surface area contributed by atoms with E-state index in [1.54, 1.807) is 0 Å². The van der Waals surface area contributed by atoms with Crippen LogP contribution in [-0.4, -0.2) is 22.9 Å². The van der Waals surface area contributed by atoms with Gasteiger partial charge in [0.05, 0.1) is 5.69 Å². The van der Waals surface area contributed by atoms with Gasteiger partial charge in [0.1, 0.15) is 0 Å². The summed E-state index contributed by atoms with van der Waals surface area (Å²) >= 11 is 0. The highest BCUT2D eigenvalue weighted by atomic mass is 15.3. The quantitative estimate of drug-likeness (QED) is 0.727. The van der Waals surface area contributed by atoms with Crippen molar-refractivity contribution in [1.29, 1.82) is 0 Å². The molecule has 0 saturated heterocycles. The number of aromatic nitrogens is 2. The molecule has 18 heavy (non-hydrogen) atoms. The van der Waals surface area contributed by atoms with Gasteiger partial charge >= 0.3 is 0 Å². The molecular weight excluding hydrogens is 222 g/mol. The van der Waals surface area contributed by atoms with Gasteiger partial charge in [0, 0.05) is 18.3 Å². The number of hydrogen-bond acceptors (Lipinski definition) is 2. The Kier molecular flexibility index (Phi) is 7.02. The van der Waals surface area contributed by atoms with Gasteiger partial charge in [0.2, 0.25) is 0 Å². The van der Waals surface area contributed by atoms with Gasteiger partial charge < -0.3 is 5.32 Å². The standard InChI is InChI=1S/C15H29N3/c1-5-8-14(16-4)9-7-10-15-11-12-18(17-15)13(3)6-2/h11-14,16H,5-10H2,1-4H3. The fraction of sp³-hybridized carbons (Fsp3) is 0.800. The summed E-state index contributed by atoms with van der Waals surface area (Å²) < 4.78 is 2.09. The van der Waals surface area contributed by atoms with Crippen LogP contribution in [0.3, 0.4) is 0 Å². The summed E-state index contributed by atoms with van der Waals surface area (Å²) in [5, 5.41) is 8.04. The summed E-state index contributed by atoms with van der Waals surface area (Å²) in [5.41, 5.74) is 1.24. The zero-order valence-corrected chi connectivity index (χ0v) is 12.4. The number of nitrogens with zero attached hydrogens (tertiary/aromatic N) is 2. The summed E-state index contributed by atoms with van der Waals surface area (Å²) in [5.74, 6) is 0. The van der Waals surface area contributed by atoms with Crippen molar-refractivity contribution >= 4 is 0 Å². The molecule has 3 heteroatoms. The Bertz CT molecular complexity index is 319. The SMILES string of the molecule is CCCC(CCCc1ccn(C(C)CC)n1)NC. The zero-order valence-electron chi connectivity index (χ0n) is 12.4. The smallest absolute Gasteiger partial charge is 0.0624 e. The van der Waals surface area contributed by atoms with Crippen molar-refractivity contribution in [2.24, 2.45) is 0 Å². The minimum atomic E-state index is 0.517. The van der Waals surface area contributed by atoms with E-state index >= 15 is 0 Å². The first kappa shape index (κ1) is 15.2. The topological polar surface area (TPSA) is 29.9 Å². The summed E-state index contributed by atoms with van der Waals surface area (Å²) in [7, 11) is 2.07. The zero-order chi connectivity index (χ0) is 13.4. The van der Waals surface area contributed by atoms with Crippen LogP contribution in [0.4, 0.5) is 0 Å². The second-order valence-electron chi connectivity index (χ2n) is 5.21. The van der Waals surface area contributed by atoms with Crippen LogP contribution in [0.1, 0.15) is 64.6 Å². The van der Waals surface area contributed by atoms with Gasteiger partial charge in [-0.25, -0.2) is 0 Å². The van der Waals surface area contributed by atoms with E-state index in [2.05, 4.69) is 55.2 Å². The molecule has 0 radical (unpaired) electrons. The van der Waals surface area contributed by atoms with E-state index in [9.17, 15) is 0 Å². The van der Waals surface area contributed by atoms with Gasteiger partial charge in [-0.3, -0.25) is 4.68 Å². The fourth-order valence-electron chi connectivity index (χ4n) is 2.25. The Morgan fingerprint density at radius 1 is 1.33 bits per heavy atom. The Balaban J connectivity index is 2.32. The first-order valence-electron chi connectivity index (χ1n) is 7.42. The van der Waals surface area contributed by atoms with Crippen molar-refractivity contribution in [2.45, 2.75) is 71.4 Å². The molecule has 0 aromatic carbocycles. The molecule has 2 unspecified atom stereocenters. The third-order valence-electron chi connectivity index (χ3n) is 3.74. The molecule has 3 nitrogen and oxygen atoms in total. The number of rotatable bonds is 9. The van der Waals surface area contributed by atoms with Crippen LogP contribution in [0.25, 0.3) is 0 Å². The maximum Gasteiger partial charge on any atom is 0.0624 e. The van der Waals surface area contributed by atoms with Crippen LogP contribution in [-0.2, 0) is 6.42 Å². The van der Waals surface area contributed by atoms with E-state index in [1.807, 2.05) is 0 Å². The average molecular weight is 251 g/mol. The van der Waals surface area contributed by atoms with E-state index in [4.69, 9.17) is 0 Å². The lowest BCUT2D eigenvalue weighted by Crippen LogP contribution is -2.24. The Morgan fingerprint density at radius 3 is 2.72 bits per heavy atom. The van der Waals surface area contributed by atoms with Crippen molar-refractivity contribution in [3.8, 4) is 0 Å². The van der Waals surface area contributed by atoms with Gasteiger partial charge in [-0.05, 0) is 52.1 Å². The van der Waals surface area contributed by atoms with Gasteiger partial charge in [-0.2, -0.15) is 5.10 Å². The minimum absolute atomic E-state index is 0.517. The molecule has 0 saturated carbocycles. The maximum atomic E-state index is 4.65. The minimum Gasteiger partial charge on any atom is -0.317 e. The Morgan fingerprint density at radius 2 is 2.11 bits per heavy atom. The number of nitrogens with one attached hydrogen (secondary N) is 1. The molecule has 1 N–H and O–H groups in total. The molecule has 1 aromatic heterocycles. The maximum absolute atomic E-state index is 4.65. The lowest BCUT2D eigenvalue weighted by molar-refractivity contribution is 0.459. The molecule has 2 atom stereocenters. The first-order chi connectivity index (χ1) is 8.71. The third kappa shape index (κ3) is 4.81. The van der Waals surface area contributed by atoms with E-state index in [-0.39, 0.29) is 0 Å². The van der Waals surface area contributed by atoms with Crippen LogP contribution in [0.5, 0.6) is 0 Å². The average Bonchev–Trinajstić information content (AvgIpc) is 2.85. The molecule has 0 aliphatic heterocycles. The monoisotopic (exact) mass is 251 g/mol. The van der Waals surface area contributed by atoms with Gasteiger partial charge in [0.25, 0.3) is 0 Å². The lowest BCUT2D eigenvalue weighted by Gasteiger charge is -2.14. The molecule has 0 aliphatic carbocycles. The van der Waals surface area contributed by atoms with E-state index in [0.29, 0.717) is 12.1 Å². The highest BCUT2D eigenvalue weighted by Gasteiger charge is 2.07. The molecule has 0 bridgehead atoms. The molecule has 1 rings (SSSR count). The normalized spacial score (nSPS) is 14.7. The van der Waals surface area contributed by atoms with Gasteiger partial charge in [0.15, 0.2) is 0 Å². The van der Waals surface area contributed by atoms with Crippen molar-refractivity contribution < 1.29 is 0 Å². The largest absolute Gasteiger partial charge is 0.317 e. The predicted octanol–water partition coefficient (Wildman–Crippen LogP) is 3.56. The second-order valence-corrected chi connectivity index (χ2v) is 5.21. The first-order valence-corrected chi connectivity index (χ1v) is 7.42. The molecule has 104 valence electrons. The summed E-state index contributed by atoms with van der Waals surface area (Å²) in [6.45, 7) is 6.67. The van der Waals surface area contributed by atoms with Crippen molar-refractivity contribution in [2.75, 3.05) is 7.05 Å². The summed E-state index contributed by atoms with van der Waals surface area (Å²) in [4.78, 5) is 0. The van der Waals surface area contributed by atoms with Crippen LogP contribution < -0.4 is 5.32 Å². The number of aryl methyl sites for hydroxylation is 1. The van der Waals surface area contributed by atoms with E-state index < -0.39 is 0 Å². The highest BCUT2D eigenvalue weighted by Crippen LogP contribution is 2.12. The van der Waals surface area contributed by atoms with E-state index in [0.717, 1.165) is 12.8 Å². The molecule has 1 heterocycles. The van der Waals surface area contributed by atoms with Crippen LogP contribution >= 0.6 is 0 Å². The molecule has 1 aromatic rings. The second kappa shape index (κ2) is 8.30. The molecule has 0 fully saturated rings. The van der Waals surface area contributed by atoms with Crippen molar-refractivity contribution in [3.63, 3.8) is 0 Å². The molecule has 0 amide bonds. The fourth-order valence-corrected chi connectivity index (χ4v) is 2.25. The molecule has 0 spiro atoms. The molecular formula is C15H29N3. The Labute approximate surface area is 112 Å². The van der Waals surface area contributed by atoms with Crippen molar-refractivity contribution in [1.82, 2.24) is 15.1 Å². The van der Waals surface area contributed by atoms with Gasteiger partial charge in [-0.15, -0.1) is 0 Å². The Hall–Kier alpha value is -0.830. The third-order valence-corrected chi connectivity index (χ3v) is 3.74. The van der Waals surface area contributed by atoms with E-state index in [1.165, 1.54) is 31.4 Å². The van der Waals surface area contributed by atoms with Crippen LogP contribution in [0, 0.1) is 0 Å². The molecule has 0 aliphatic rings. The van der Waals surface area contributed by atoms with Crippen LogP contribution in [0.2, 0.25) is 0 Å². The number of hydrogen-bond donors (Lipinski definition) is 1.